The molecule has 0 radical (unpaired) electrons. The maximum atomic E-state index is 13.9. The number of carboxylic acids is 1. The van der Waals surface area contributed by atoms with Crippen LogP contribution in [0.3, 0.4) is 0 Å². The molecule has 0 saturated heterocycles. The maximum Gasteiger partial charge on any atom is 0.309 e. The van der Waals surface area contributed by atoms with Gasteiger partial charge in [0.05, 0.1) is 23.7 Å². The summed E-state index contributed by atoms with van der Waals surface area (Å²) in [5, 5.41) is 71.4. The van der Waals surface area contributed by atoms with Crippen molar-refractivity contribution in [3.8, 4) is 22.8 Å². The van der Waals surface area contributed by atoms with Gasteiger partial charge in [-0.25, -0.2) is 4.98 Å². The van der Waals surface area contributed by atoms with Crippen LogP contribution in [0, 0.1) is 41.4 Å². The summed E-state index contributed by atoms with van der Waals surface area (Å²) in [6.45, 7) is 11.0. The number of nitrogens with zero attached hydrogens (tertiary/aromatic N) is 1. The van der Waals surface area contributed by atoms with Gasteiger partial charge < -0.3 is 41.4 Å². The molecule has 10 atom stereocenters. The van der Waals surface area contributed by atoms with Crippen LogP contribution in [0.1, 0.15) is 176 Å². The molecule has 0 aliphatic heterocycles. The highest BCUT2D eigenvalue weighted by Gasteiger charge is 2.51. The number of hydrogen-bond donors (Lipinski definition) is 7. The van der Waals surface area contributed by atoms with E-state index in [4.69, 9.17) is 5.73 Å². The molecule has 2 aromatic carbocycles. The molecule has 376 valence electrons. The monoisotopic (exact) mass is 945 g/mol. The van der Waals surface area contributed by atoms with E-state index in [1.807, 2.05) is 18.2 Å². The number of allylic oxidation sites excluding steroid dienone is 1. The van der Waals surface area contributed by atoms with E-state index in [2.05, 4.69) is 81.0 Å². The van der Waals surface area contributed by atoms with Gasteiger partial charge in [-0.05, 0) is 183 Å². The second-order valence-electron chi connectivity index (χ2n) is 22.4. The van der Waals surface area contributed by atoms with Gasteiger partial charge in [0.1, 0.15) is 11.6 Å². The number of pyridine rings is 1. The fraction of sp³-hybridized carbons (Fsp3) is 0.593. The van der Waals surface area contributed by atoms with Crippen molar-refractivity contribution < 1.29 is 35.4 Å². The Morgan fingerprint density at radius 1 is 0.899 bits per heavy atom. The molecule has 2 heterocycles. The summed E-state index contributed by atoms with van der Waals surface area (Å²) in [7, 11) is 0. The number of aromatic amines is 1. The number of nitrogen functional groups attached to an aromatic ring is 1. The first kappa shape index (κ1) is 52.2. The number of aromatic nitrogens is 2. The molecule has 8 N–H and O–H groups in total. The SMILES string of the molecule is CCCCCC1C=CC(CCCCC2CCC(c3ccc(-c4cc(O)cc([O-])c4Cc4ccc(C(C)C)cc4CC(C)C)[nH]3)C3CC(Cc4ccnc(N)c4)CC3(O)CCC(O)C2C(=O)O)C(O)C1. The van der Waals surface area contributed by atoms with E-state index < -0.39 is 23.6 Å². The molecule has 10 heteroatoms. The molecule has 2 aromatic heterocycles. The lowest BCUT2D eigenvalue weighted by atomic mass is 9.69. The van der Waals surface area contributed by atoms with Crippen molar-refractivity contribution in [1.29, 1.82) is 0 Å². The zero-order valence-corrected chi connectivity index (χ0v) is 42.1. The van der Waals surface area contributed by atoms with Crippen LogP contribution in [0.5, 0.6) is 11.5 Å². The topological polar surface area (TPSA) is 196 Å². The summed E-state index contributed by atoms with van der Waals surface area (Å²) in [5.41, 5.74) is 12.4. The lowest BCUT2D eigenvalue weighted by Crippen LogP contribution is -2.42. The first-order valence-corrected chi connectivity index (χ1v) is 26.6. The Labute approximate surface area is 411 Å². The number of anilines is 1. The number of fused-ring (bicyclic) bond motifs is 1. The smallest absolute Gasteiger partial charge is 0.309 e. The van der Waals surface area contributed by atoms with Gasteiger partial charge in [0, 0.05) is 35.0 Å². The summed E-state index contributed by atoms with van der Waals surface area (Å²) in [4.78, 5) is 21.1. The van der Waals surface area contributed by atoms with Gasteiger partial charge in [0.15, 0.2) is 0 Å². The number of rotatable bonds is 19. The Balaban J connectivity index is 1.18. The van der Waals surface area contributed by atoms with E-state index in [1.165, 1.54) is 36.5 Å². The van der Waals surface area contributed by atoms with Crippen molar-refractivity contribution in [3.63, 3.8) is 0 Å². The van der Waals surface area contributed by atoms with E-state index in [1.54, 1.807) is 12.3 Å². The average molecular weight is 945 g/mol. The Morgan fingerprint density at radius 3 is 2.41 bits per heavy atom. The normalized spacial score (nSPS) is 27.5. The average Bonchev–Trinajstić information content (AvgIpc) is 3.90. The van der Waals surface area contributed by atoms with Crippen molar-refractivity contribution in [2.75, 3.05) is 5.73 Å². The molecule has 3 aliphatic carbocycles. The molecule has 7 rings (SSSR count). The van der Waals surface area contributed by atoms with Crippen LogP contribution in [0.25, 0.3) is 11.3 Å². The molecule has 0 amide bonds. The third kappa shape index (κ3) is 13.2. The van der Waals surface area contributed by atoms with Crippen LogP contribution in [-0.4, -0.2) is 59.3 Å². The summed E-state index contributed by atoms with van der Waals surface area (Å²) in [5.74, 6) is -1.13. The molecule has 69 heavy (non-hydrogen) atoms. The Morgan fingerprint density at radius 2 is 1.68 bits per heavy atom. The molecule has 10 nitrogen and oxygen atoms in total. The number of H-pyrrole nitrogens is 1. The van der Waals surface area contributed by atoms with Crippen molar-refractivity contribution in [2.24, 2.45) is 41.4 Å². The van der Waals surface area contributed by atoms with Gasteiger partial charge >= 0.3 is 5.97 Å². The van der Waals surface area contributed by atoms with Crippen molar-refractivity contribution >= 4 is 11.8 Å². The van der Waals surface area contributed by atoms with Gasteiger partial charge in [-0.2, -0.15) is 0 Å². The summed E-state index contributed by atoms with van der Waals surface area (Å²) < 4.78 is 0. The third-order valence-electron chi connectivity index (χ3n) is 16.4. The van der Waals surface area contributed by atoms with Crippen LogP contribution >= 0.6 is 0 Å². The van der Waals surface area contributed by atoms with Crippen LogP contribution in [0.4, 0.5) is 5.82 Å². The molecule has 4 aromatic rings. The second kappa shape index (κ2) is 23.5. The fourth-order valence-electron chi connectivity index (χ4n) is 12.8. The first-order chi connectivity index (χ1) is 33.0. The minimum absolute atomic E-state index is 0.0950. The number of hydrogen-bond acceptors (Lipinski definition) is 8. The van der Waals surface area contributed by atoms with E-state index in [0.29, 0.717) is 78.9 Å². The third-order valence-corrected chi connectivity index (χ3v) is 16.4. The molecule has 2 fully saturated rings. The minimum atomic E-state index is -1.17. The molecule has 0 spiro atoms. The number of nitrogens with two attached hydrogens (primary N) is 1. The van der Waals surface area contributed by atoms with Crippen LogP contribution in [-0.2, 0) is 24.1 Å². The predicted molar refractivity (Wildman–Crippen MR) is 274 cm³/mol. The second-order valence-corrected chi connectivity index (χ2v) is 22.4. The molecule has 0 bridgehead atoms. The Bertz CT molecular complexity index is 2340. The highest BCUT2D eigenvalue weighted by atomic mass is 16.4. The number of phenols is 1. The summed E-state index contributed by atoms with van der Waals surface area (Å²) >= 11 is 0. The first-order valence-electron chi connectivity index (χ1n) is 26.6. The van der Waals surface area contributed by atoms with Crippen LogP contribution in [0.15, 0.2) is 72.9 Å². The zero-order chi connectivity index (χ0) is 49.4. The molecule has 2 saturated carbocycles. The van der Waals surface area contributed by atoms with Gasteiger partial charge in [0.25, 0.3) is 0 Å². The lowest BCUT2D eigenvalue weighted by Gasteiger charge is -2.40. The van der Waals surface area contributed by atoms with Gasteiger partial charge in [0.2, 0.25) is 0 Å². The van der Waals surface area contributed by atoms with Crippen molar-refractivity contribution in [1.82, 2.24) is 9.97 Å². The van der Waals surface area contributed by atoms with E-state index in [-0.39, 0.29) is 60.0 Å². The van der Waals surface area contributed by atoms with Gasteiger partial charge in [-0.15, -0.1) is 5.75 Å². The zero-order valence-electron chi connectivity index (χ0n) is 42.1. The fourth-order valence-corrected chi connectivity index (χ4v) is 12.8. The molecule has 10 unspecified atom stereocenters. The van der Waals surface area contributed by atoms with E-state index in [9.17, 15) is 35.4 Å². The van der Waals surface area contributed by atoms with Crippen LogP contribution in [0.2, 0.25) is 0 Å². The molecular formula is C59H82N3O7-. The summed E-state index contributed by atoms with van der Waals surface area (Å²) in [6, 6.07) is 17.5. The molecule has 3 aliphatic rings. The standard InChI is InChI=1S/C59H83N3O7/c1-6-7-8-11-38-14-15-41(54(65)29-38)12-9-10-13-42-18-19-47(50-28-40(27-39-23-25-61-56(60)30-39)35-59(50,69)24-22-53(64)57(42)58(67)68)51-20-21-52(62-51)48-33-46(63)34-55(66)49(48)32-44-17-16-43(37(4)5)31-45(44)26-36(2)3/h14-17,20-21,23,25,30-31,33-34,36-38,40-42,47,50,53-54,57,62-66,69H,6-13,18-19,22,24,26-29,32,35H2,1-5H3,(H2,60,61)(H,67,68)/p-1. The number of nitrogens with one attached hydrogen (secondary N) is 1. The Kier molecular flexibility index (Phi) is 17.8. The van der Waals surface area contributed by atoms with Crippen molar-refractivity contribution in [2.45, 2.75) is 180 Å². The number of aliphatic carboxylic acids is 1. The van der Waals surface area contributed by atoms with Crippen molar-refractivity contribution in [3.05, 3.63) is 106 Å². The number of aromatic hydroxyl groups is 1. The largest absolute Gasteiger partial charge is 0.872 e. The number of benzene rings is 2. The minimum Gasteiger partial charge on any atom is -0.872 e. The lowest BCUT2D eigenvalue weighted by molar-refractivity contribution is -0.269. The number of carboxylic acid groups (broad SMARTS) is 1. The highest BCUT2D eigenvalue weighted by Crippen LogP contribution is 2.53. The number of phenolic OH excluding ortho intramolecular Hbond substituents is 1. The van der Waals surface area contributed by atoms with Gasteiger partial charge in [-0.3, -0.25) is 4.79 Å². The number of carbonyl (C=O) groups is 1. The van der Waals surface area contributed by atoms with E-state index >= 15 is 0 Å². The maximum absolute atomic E-state index is 13.9. The van der Waals surface area contributed by atoms with Crippen LogP contribution < -0.4 is 10.8 Å². The van der Waals surface area contributed by atoms with E-state index in [0.717, 1.165) is 61.8 Å². The predicted octanol–water partition coefficient (Wildman–Crippen LogP) is 11.4. The van der Waals surface area contributed by atoms with Gasteiger partial charge in [-0.1, -0.05) is 97.1 Å². The quantitative estimate of drug-likeness (QED) is 0.0353. The highest BCUT2D eigenvalue weighted by molar-refractivity contribution is 5.71. The number of aliphatic hydroxyl groups is 3. The molecular weight excluding hydrogens is 863 g/mol. The number of unbranched alkanes of at least 4 members (excludes halogenated alkanes) is 3. The Hall–Kier alpha value is -4.64. The summed E-state index contributed by atoms with van der Waals surface area (Å²) in [6.07, 6.45) is 18.2. The number of aliphatic hydroxyl groups excluding tert-OH is 2.